The molecule has 0 fully saturated rings. The van der Waals surface area contributed by atoms with E-state index in [0.29, 0.717) is 6.54 Å². The molecule has 1 heterocycles. The molecule has 19 heavy (non-hydrogen) atoms. The smallest absolute Gasteiger partial charge is 0.236 e. The minimum atomic E-state index is -0.508. The van der Waals surface area contributed by atoms with Gasteiger partial charge in [0.05, 0.1) is 12.6 Å². The summed E-state index contributed by atoms with van der Waals surface area (Å²) in [5.41, 5.74) is 6.48. The first-order valence-corrected chi connectivity index (χ1v) is 6.39. The van der Waals surface area contributed by atoms with Gasteiger partial charge in [0, 0.05) is 5.56 Å². The second-order valence-corrected chi connectivity index (χ2v) is 4.94. The molecule has 0 spiro atoms. The highest BCUT2D eigenvalue weighted by atomic mass is 35.5. The lowest BCUT2D eigenvalue weighted by Crippen LogP contribution is -2.37. The van der Waals surface area contributed by atoms with E-state index in [1.165, 1.54) is 11.3 Å². The number of aromatic nitrogens is 2. The molecule has 1 aromatic carbocycles. The Bertz CT molecular complexity index is 530. The molecule has 0 radical (unpaired) electrons. The molecule has 5 nitrogen and oxygen atoms in total. The Morgan fingerprint density at radius 1 is 1.37 bits per heavy atom. The van der Waals surface area contributed by atoms with Gasteiger partial charge in [-0.2, -0.15) is 0 Å². The highest BCUT2D eigenvalue weighted by Crippen LogP contribution is 2.22. The first-order valence-electron chi connectivity index (χ1n) is 5.58. The van der Waals surface area contributed by atoms with Crippen LogP contribution in [-0.2, 0) is 11.3 Å². The third kappa shape index (κ3) is 4.27. The van der Waals surface area contributed by atoms with Crippen LogP contribution in [0, 0.1) is 0 Å². The molecule has 0 saturated heterocycles. The average molecular weight is 299 g/mol. The molecule has 1 amide bonds. The van der Waals surface area contributed by atoms with Crippen molar-refractivity contribution in [3.63, 3.8) is 0 Å². The van der Waals surface area contributed by atoms with E-state index >= 15 is 0 Å². The summed E-state index contributed by atoms with van der Waals surface area (Å²) in [7, 11) is 0. The lowest BCUT2D eigenvalue weighted by Gasteiger charge is -2.04. The maximum absolute atomic E-state index is 11.3. The van der Waals surface area contributed by atoms with Crippen molar-refractivity contribution in [1.29, 1.82) is 0 Å². The van der Waals surface area contributed by atoms with Gasteiger partial charge >= 0.3 is 0 Å². The van der Waals surface area contributed by atoms with Crippen LogP contribution in [0.1, 0.15) is 11.9 Å². The number of nitrogens with one attached hydrogen (secondary N) is 1. The SMILES string of the molecule is C[C@H](N)C(=O)NCc1nnc(-c2ccccc2)s1.Cl. The van der Waals surface area contributed by atoms with Crippen molar-refractivity contribution in [3.05, 3.63) is 35.3 Å². The Kier molecular flexibility index (Phi) is 5.88. The minimum absolute atomic E-state index is 0. The number of hydrogen-bond acceptors (Lipinski definition) is 5. The Balaban J connectivity index is 0.00000180. The maximum Gasteiger partial charge on any atom is 0.236 e. The predicted molar refractivity (Wildman–Crippen MR) is 78.1 cm³/mol. The molecule has 0 bridgehead atoms. The molecule has 0 aliphatic carbocycles. The summed E-state index contributed by atoms with van der Waals surface area (Å²) in [5, 5.41) is 12.5. The quantitative estimate of drug-likeness (QED) is 0.898. The van der Waals surface area contributed by atoms with Crippen LogP contribution >= 0.6 is 23.7 Å². The fourth-order valence-electron chi connectivity index (χ4n) is 1.35. The molecular weight excluding hydrogens is 284 g/mol. The molecule has 0 aliphatic rings. The fraction of sp³-hybridized carbons (Fsp3) is 0.250. The Morgan fingerprint density at radius 2 is 2.05 bits per heavy atom. The number of nitrogens with zero attached hydrogens (tertiary/aromatic N) is 2. The second kappa shape index (κ2) is 7.18. The lowest BCUT2D eigenvalue weighted by atomic mass is 10.2. The number of nitrogens with two attached hydrogens (primary N) is 1. The van der Waals surface area contributed by atoms with Crippen LogP contribution in [0.2, 0.25) is 0 Å². The summed E-state index contributed by atoms with van der Waals surface area (Å²) in [4.78, 5) is 11.3. The highest BCUT2D eigenvalue weighted by Gasteiger charge is 2.09. The van der Waals surface area contributed by atoms with Gasteiger partial charge in [-0.1, -0.05) is 41.7 Å². The van der Waals surface area contributed by atoms with E-state index in [1.807, 2.05) is 30.3 Å². The van der Waals surface area contributed by atoms with E-state index in [0.717, 1.165) is 15.6 Å². The van der Waals surface area contributed by atoms with Crippen molar-refractivity contribution < 1.29 is 4.79 Å². The molecule has 0 saturated carbocycles. The van der Waals surface area contributed by atoms with E-state index in [4.69, 9.17) is 5.73 Å². The van der Waals surface area contributed by atoms with Crippen LogP contribution < -0.4 is 11.1 Å². The van der Waals surface area contributed by atoms with Gasteiger partial charge < -0.3 is 11.1 Å². The third-order valence-electron chi connectivity index (χ3n) is 2.31. The Hall–Kier alpha value is -1.50. The maximum atomic E-state index is 11.3. The molecule has 102 valence electrons. The van der Waals surface area contributed by atoms with E-state index in [2.05, 4.69) is 15.5 Å². The van der Waals surface area contributed by atoms with Gasteiger partial charge in [-0.25, -0.2) is 0 Å². The number of benzene rings is 1. The third-order valence-corrected chi connectivity index (χ3v) is 3.29. The number of carbonyl (C=O) groups excluding carboxylic acids is 1. The standard InChI is InChI=1S/C12H14N4OS.ClH/c1-8(13)11(17)14-7-10-15-16-12(18-10)9-5-3-2-4-6-9;/h2-6,8H,7,13H2,1H3,(H,14,17);1H/t8-;/m0./s1. The molecule has 3 N–H and O–H groups in total. The summed E-state index contributed by atoms with van der Waals surface area (Å²) in [5.74, 6) is -0.188. The van der Waals surface area contributed by atoms with Crippen molar-refractivity contribution in [2.24, 2.45) is 5.73 Å². The van der Waals surface area contributed by atoms with Crippen molar-refractivity contribution in [2.75, 3.05) is 0 Å². The van der Waals surface area contributed by atoms with Gasteiger partial charge in [0.1, 0.15) is 10.0 Å². The van der Waals surface area contributed by atoms with E-state index in [1.54, 1.807) is 6.92 Å². The minimum Gasteiger partial charge on any atom is -0.348 e. The summed E-state index contributed by atoms with van der Waals surface area (Å²) < 4.78 is 0. The second-order valence-electron chi connectivity index (χ2n) is 3.87. The van der Waals surface area contributed by atoms with Crippen molar-refractivity contribution in [2.45, 2.75) is 19.5 Å². The first-order chi connectivity index (χ1) is 8.66. The summed E-state index contributed by atoms with van der Waals surface area (Å²) in [6, 6.07) is 9.30. The van der Waals surface area contributed by atoms with Gasteiger partial charge in [0.25, 0.3) is 0 Å². The van der Waals surface area contributed by atoms with Crippen LogP contribution in [0.4, 0.5) is 0 Å². The van der Waals surface area contributed by atoms with Crippen LogP contribution in [0.15, 0.2) is 30.3 Å². The van der Waals surface area contributed by atoms with E-state index < -0.39 is 6.04 Å². The van der Waals surface area contributed by atoms with Crippen LogP contribution in [-0.4, -0.2) is 22.1 Å². The largest absolute Gasteiger partial charge is 0.348 e. The highest BCUT2D eigenvalue weighted by molar-refractivity contribution is 7.14. The zero-order chi connectivity index (χ0) is 13.0. The Labute approximate surface area is 121 Å². The zero-order valence-electron chi connectivity index (χ0n) is 10.4. The normalized spacial score (nSPS) is 11.5. The van der Waals surface area contributed by atoms with E-state index in [9.17, 15) is 4.79 Å². The lowest BCUT2D eigenvalue weighted by molar-refractivity contribution is -0.122. The molecule has 0 aliphatic heterocycles. The zero-order valence-corrected chi connectivity index (χ0v) is 12.0. The van der Waals surface area contributed by atoms with Gasteiger partial charge in [-0.15, -0.1) is 22.6 Å². The predicted octanol–water partition coefficient (Wildman–Crippen LogP) is 1.59. The summed E-state index contributed by atoms with van der Waals surface area (Å²) >= 11 is 1.46. The summed E-state index contributed by atoms with van der Waals surface area (Å²) in [6.45, 7) is 2.01. The van der Waals surface area contributed by atoms with Crippen LogP contribution in [0.5, 0.6) is 0 Å². The van der Waals surface area contributed by atoms with Crippen molar-refractivity contribution >= 4 is 29.7 Å². The molecule has 0 unspecified atom stereocenters. The van der Waals surface area contributed by atoms with Gasteiger partial charge in [-0.3, -0.25) is 4.79 Å². The van der Waals surface area contributed by atoms with Gasteiger partial charge in [-0.05, 0) is 6.92 Å². The molecule has 7 heteroatoms. The molecule has 2 rings (SSSR count). The molecule has 2 aromatic rings. The number of amides is 1. The summed E-state index contributed by atoms with van der Waals surface area (Å²) in [6.07, 6.45) is 0. The van der Waals surface area contributed by atoms with Gasteiger partial charge in [0.2, 0.25) is 5.91 Å². The van der Waals surface area contributed by atoms with Crippen molar-refractivity contribution in [1.82, 2.24) is 15.5 Å². The monoisotopic (exact) mass is 298 g/mol. The fourth-order valence-corrected chi connectivity index (χ4v) is 2.13. The number of carbonyl (C=O) groups is 1. The molecule has 1 aromatic heterocycles. The molecular formula is C12H15ClN4OS. The molecule has 1 atom stereocenters. The number of hydrogen-bond donors (Lipinski definition) is 2. The first kappa shape index (κ1) is 15.6. The average Bonchev–Trinajstić information content (AvgIpc) is 2.85. The van der Waals surface area contributed by atoms with Crippen LogP contribution in [0.3, 0.4) is 0 Å². The van der Waals surface area contributed by atoms with Crippen molar-refractivity contribution in [3.8, 4) is 10.6 Å². The topological polar surface area (TPSA) is 80.9 Å². The Morgan fingerprint density at radius 3 is 2.68 bits per heavy atom. The van der Waals surface area contributed by atoms with Gasteiger partial charge in [0.15, 0.2) is 0 Å². The van der Waals surface area contributed by atoms with Crippen LogP contribution in [0.25, 0.3) is 10.6 Å². The van der Waals surface area contributed by atoms with E-state index in [-0.39, 0.29) is 18.3 Å². The number of halogens is 1. The number of rotatable bonds is 4.